The summed E-state index contributed by atoms with van der Waals surface area (Å²) >= 11 is 7.35. The number of hydrogen-bond donors (Lipinski definition) is 3. The number of rotatable bonds is 4. The van der Waals surface area contributed by atoms with Crippen molar-refractivity contribution in [2.45, 2.75) is 0 Å². The molecular formula is C23H16IN3O3S. The predicted molar refractivity (Wildman–Crippen MR) is 133 cm³/mol. The summed E-state index contributed by atoms with van der Waals surface area (Å²) in [4.78, 5) is 24.9. The number of carbonyl (C=O) groups excluding carboxylic acids is 2. The van der Waals surface area contributed by atoms with Crippen molar-refractivity contribution in [1.82, 2.24) is 5.32 Å². The van der Waals surface area contributed by atoms with E-state index < -0.39 is 0 Å². The van der Waals surface area contributed by atoms with Crippen LogP contribution >= 0.6 is 34.8 Å². The summed E-state index contributed by atoms with van der Waals surface area (Å²) in [5.74, 6) is -0.431. The third-order valence-electron chi connectivity index (χ3n) is 4.37. The van der Waals surface area contributed by atoms with Gasteiger partial charge in [0.05, 0.1) is 5.56 Å². The Morgan fingerprint density at radius 1 is 0.806 bits per heavy atom. The zero-order chi connectivity index (χ0) is 21.8. The van der Waals surface area contributed by atoms with Gasteiger partial charge >= 0.3 is 0 Å². The molecule has 0 aliphatic carbocycles. The van der Waals surface area contributed by atoms with E-state index in [1.807, 2.05) is 36.4 Å². The van der Waals surface area contributed by atoms with Gasteiger partial charge in [-0.15, -0.1) is 0 Å². The average molecular weight is 541 g/mol. The molecule has 0 fully saturated rings. The number of thiocarbonyl (C=S) groups is 1. The first-order chi connectivity index (χ1) is 15.0. The maximum Gasteiger partial charge on any atom is 0.291 e. The number of para-hydroxylation sites is 1. The third-order valence-corrected chi connectivity index (χ3v) is 5.52. The molecule has 4 aromatic rings. The fourth-order valence-corrected chi connectivity index (χ4v) is 3.78. The van der Waals surface area contributed by atoms with Gasteiger partial charge in [0.25, 0.3) is 11.8 Å². The Morgan fingerprint density at radius 2 is 1.52 bits per heavy atom. The quantitative estimate of drug-likeness (QED) is 0.238. The topological polar surface area (TPSA) is 83.4 Å². The number of amides is 2. The molecule has 3 aromatic carbocycles. The second kappa shape index (κ2) is 9.27. The fraction of sp³-hybridized carbons (Fsp3) is 0. The van der Waals surface area contributed by atoms with E-state index >= 15 is 0 Å². The Kier molecular flexibility index (Phi) is 6.28. The molecule has 0 saturated heterocycles. The van der Waals surface area contributed by atoms with Crippen LogP contribution in [0.5, 0.6) is 0 Å². The lowest BCUT2D eigenvalue weighted by Gasteiger charge is -2.11. The summed E-state index contributed by atoms with van der Waals surface area (Å²) in [5, 5.41) is 9.44. The van der Waals surface area contributed by atoms with Crippen LogP contribution < -0.4 is 16.0 Å². The lowest BCUT2D eigenvalue weighted by molar-refractivity contribution is 0.0974. The number of benzene rings is 3. The van der Waals surface area contributed by atoms with Crippen LogP contribution in [0.15, 0.2) is 83.3 Å². The summed E-state index contributed by atoms with van der Waals surface area (Å²) in [7, 11) is 0. The van der Waals surface area contributed by atoms with Crippen molar-refractivity contribution in [3.63, 3.8) is 0 Å². The third kappa shape index (κ3) is 5.09. The number of fused-ring (bicyclic) bond motifs is 1. The second-order valence-corrected chi connectivity index (χ2v) is 8.14. The SMILES string of the molecule is O=C(Nc1cccc(NC(=S)NC(=O)c2ccccc2I)c1)c1cc2ccccc2o1. The molecule has 0 aliphatic rings. The minimum Gasteiger partial charge on any atom is -0.451 e. The van der Waals surface area contributed by atoms with Gasteiger partial charge in [-0.05, 0) is 77.3 Å². The van der Waals surface area contributed by atoms with Crippen LogP contribution in [0.1, 0.15) is 20.9 Å². The van der Waals surface area contributed by atoms with Crippen molar-refractivity contribution in [2.75, 3.05) is 10.6 Å². The second-order valence-electron chi connectivity index (χ2n) is 6.57. The number of halogens is 1. The first-order valence-electron chi connectivity index (χ1n) is 9.26. The van der Waals surface area contributed by atoms with Gasteiger partial charge in [0.2, 0.25) is 0 Å². The molecule has 0 atom stereocenters. The molecule has 3 N–H and O–H groups in total. The van der Waals surface area contributed by atoms with Crippen LogP contribution in [0.4, 0.5) is 11.4 Å². The molecule has 0 unspecified atom stereocenters. The van der Waals surface area contributed by atoms with Crippen molar-refractivity contribution in [3.8, 4) is 0 Å². The number of nitrogens with one attached hydrogen (secondary N) is 3. The first kappa shape index (κ1) is 21.0. The number of furan rings is 1. The number of anilines is 2. The Hall–Kier alpha value is -3.24. The molecule has 31 heavy (non-hydrogen) atoms. The van der Waals surface area contributed by atoms with Crippen molar-refractivity contribution in [3.05, 3.63) is 93.8 Å². The van der Waals surface area contributed by atoms with E-state index in [4.69, 9.17) is 16.6 Å². The van der Waals surface area contributed by atoms with E-state index in [0.29, 0.717) is 22.5 Å². The standard InChI is InChI=1S/C23H16IN3O3S/c24-18-10-3-2-9-17(18)21(28)27-23(31)26-16-8-5-7-15(13-16)25-22(29)20-12-14-6-1-4-11-19(14)30-20/h1-13H,(H,25,29)(H2,26,27,28,31). The zero-order valence-corrected chi connectivity index (χ0v) is 19.0. The highest BCUT2D eigenvalue weighted by molar-refractivity contribution is 14.1. The van der Waals surface area contributed by atoms with Crippen LogP contribution in [0.3, 0.4) is 0 Å². The van der Waals surface area contributed by atoms with Crippen LogP contribution in [-0.4, -0.2) is 16.9 Å². The maximum atomic E-state index is 12.5. The van der Waals surface area contributed by atoms with Crippen LogP contribution in [0.2, 0.25) is 0 Å². The van der Waals surface area contributed by atoms with Crippen molar-refractivity contribution < 1.29 is 14.0 Å². The lowest BCUT2D eigenvalue weighted by Crippen LogP contribution is -2.34. The van der Waals surface area contributed by atoms with Gasteiger partial charge in [0, 0.05) is 20.3 Å². The highest BCUT2D eigenvalue weighted by atomic mass is 127. The van der Waals surface area contributed by atoms with Crippen molar-refractivity contribution in [1.29, 1.82) is 0 Å². The van der Waals surface area contributed by atoms with Gasteiger partial charge in [-0.1, -0.05) is 36.4 Å². The van der Waals surface area contributed by atoms with E-state index in [9.17, 15) is 9.59 Å². The van der Waals surface area contributed by atoms with E-state index in [1.54, 1.807) is 42.5 Å². The van der Waals surface area contributed by atoms with E-state index in [0.717, 1.165) is 8.96 Å². The molecule has 1 heterocycles. The Bertz CT molecular complexity index is 1270. The van der Waals surface area contributed by atoms with Crippen molar-refractivity contribution >= 4 is 74.1 Å². The van der Waals surface area contributed by atoms with Crippen LogP contribution in [-0.2, 0) is 0 Å². The van der Waals surface area contributed by atoms with E-state index in [2.05, 4.69) is 38.5 Å². The Balaban J connectivity index is 1.41. The minimum absolute atomic E-state index is 0.158. The molecule has 4 rings (SSSR count). The lowest BCUT2D eigenvalue weighted by atomic mass is 10.2. The normalized spacial score (nSPS) is 10.5. The van der Waals surface area contributed by atoms with Crippen LogP contribution in [0, 0.1) is 3.57 Å². The zero-order valence-electron chi connectivity index (χ0n) is 16.0. The van der Waals surface area contributed by atoms with E-state index in [1.165, 1.54) is 0 Å². The molecule has 0 aliphatic heterocycles. The highest BCUT2D eigenvalue weighted by Gasteiger charge is 2.13. The molecule has 0 spiro atoms. The average Bonchev–Trinajstić information content (AvgIpc) is 3.18. The van der Waals surface area contributed by atoms with E-state index in [-0.39, 0.29) is 22.7 Å². The van der Waals surface area contributed by atoms with Gasteiger partial charge < -0.3 is 15.1 Å². The Labute approximate surface area is 197 Å². The summed E-state index contributed by atoms with van der Waals surface area (Å²) in [6, 6.07) is 23.4. The fourth-order valence-electron chi connectivity index (χ4n) is 2.94. The smallest absolute Gasteiger partial charge is 0.291 e. The largest absolute Gasteiger partial charge is 0.451 e. The first-order valence-corrected chi connectivity index (χ1v) is 10.8. The molecule has 0 saturated carbocycles. The maximum absolute atomic E-state index is 12.5. The Morgan fingerprint density at radius 3 is 2.29 bits per heavy atom. The van der Waals surface area contributed by atoms with Crippen LogP contribution in [0.25, 0.3) is 11.0 Å². The summed E-state index contributed by atoms with van der Waals surface area (Å²) < 4.78 is 6.43. The molecular weight excluding hydrogens is 525 g/mol. The van der Waals surface area contributed by atoms with Gasteiger partial charge in [-0.2, -0.15) is 0 Å². The molecule has 6 nitrogen and oxygen atoms in total. The van der Waals surface area contributed by atoms with Gasteiger partial charge in [-0.3, -0.25) is 14.9 Å². The summed E-state index contributed by atoms with van der Waals surface area (Å²) in [5.41, 5.74) is 2.37. The van der Waals surface area contributed by atoms with Gasteiger partial charge in [0.1, 0.15) is 5.58 Å². The van der Waals surface area contributed by atoms with Crippen molar-refractivity contribution in [2.24, 2.45) is 0 Å². The monoisotopic (exact) mass is 541 g/mol. The number of carbonyl (C=O) groups is 2. The van der Waals surface area contributed by atoms with Gasteiger partial charge in [-0.25, -0.2) is 0 Å². The summed E-state index contributed by atoms with van der Waals surface area (Å²) in [6.07, 6.45) is 0. The minimum atomic E-state index is -0.358. The molecule has 154 valence electrons. The number of hydrogen-bond acceptors (Lipinski definition) is 4. The highest BCUT2D eigenvalue weighted by Crippen LogP contribution is 2.21. The molecule has 2 amide bonds. The molecule has 8 heteroatoms. The molecule has 0 bridgehead atoms. The molecule has 0 radical (unpaired) electrons. The molecule has 1 aromatic heterocycles. The van der Waals surface area contributed by atoms with Gasteiger partial charge in [0.15, 0.2) is 10.9 Å². The predicted octanol–water partition coefficient (Wildman–Crippen LogP) is 5.42. The summed E-state index contributed by atoms with van der Waals surface area (Å²) in [6.45, 7) is 0.